The maximum absolute atomic E-state index is 13.0. The summed E-state index contributed by atoms with van der Waals surface area (Å²) in [6, 6.07) is 31.3. The van der Waals surface area contributed by atoms with Crippen LogP contribution in [0.4, 0.5) is 0 Å². The maximum atomic E-state index is 13.0. The van der Waals surface area contributed by atoms with Gasteiger partial charge in [-0.2, -0.15) is 0 Å². The van der Waals surface area contributed by atoms with E-state index in [1.807, 2.05) is 87.5 Å². The van der Waals surface area contributed by atoms with Crippen molar-refractivity contribution in [3.63, 3.8) is 0 Å². The van der Waals surface area contributed by atoms with Crippen LogP contribution in [0, 0.1) is 40.4 Å². The van der Waals surface area contributed by atoms with E-state index in [9.17, 15) is 38.4 Å². The van der Waals surface area contributed by atoms with Gasteiger partial charge in [0.2, 0.25) is 6.29 Å². The van der Waals surface area contributed by atoms with Crippen molar-refractivity contribution in [3.8, 4) is 5.75 Å². The Hall–Kier alpha value is -7.60. The van der Waals surface area contributed by atoms with Gasteiger partial charge in [0.15, 0.2) is 13.2 Å². The number of carbonyl (C=O) groups is 8. The summed E-state index contributed by atoms with van der Waals surface area (Å²) < 4.78 is 54.7. The molecule has 7 saturated carbocycles. The van der Waals surface area contributed by atoms with E-state index in [1.165, 1.54) is 92.9 Å². The van der Waals surface area contributed by atoms with Gasteiger partial charge in [-0.05, 0) is 290 Å². The molecule has 7 aliphatic rings. The molecular weight excluding hydrogens is 1420 g/mol. The van der Waals surface area contributed by atoms with Gasteiger partial charge in [-0.1, -0.05) is 142 Å². The van der Waals surface area contributed by atoms with E-state index in [1.54, 1.807) is 53.7 Å². The van der Waals surface area contributed by atoms with Crippen molar-refractivity contribution in [2.24, 2.45) is 40.4 Å². The lowest BCUT2D eigenvalue weighted by Crippen LogP contribution is -2.57. The number of carbonyl (C=O) groups excluding carboxylic acids is 8. The van der Waals surface area contributed by atoms with E-state index in [2.05, 4.69) is 66.7 Å². The molecule has 6 unspecified atom stereocenters. The zero-order chi connectivity index (χ0) is 81.8. The lowest BCUT2D eigenvalue weighted by atomic mass is 9.46. The van der Waals surface area contributed by atoms with E-state index in [-0.39, 0.29) is 48.7 Å². The first-order valence-electron chi connectivity index (χ1n) is 42.4. The average molecular weight is 1550 g/mol. The SMILES string of the molecule is CCC(C)(C)C(=O)OCCOC(=O)C1CCCCC1C(=O)OCC(=O)OC(C)(C)C12CC3CC(CC(C3)C1)C2.CCC(C)c1ccc(C(=O)OC(C)OCCOc2ccc(C3CCCCC3)cc2)cc1.CCC(C)c1ccc(C(=O)OCC(=O)OC(C)(C)C)cc1.CCC(C)c1cccc(C(=O)OC2(CC)CCCCC2)c1. The van der Waals surface area contributed by atoms with E-state index < -0.39 is 71.2 Å². The molecule has 11 rings (SSSR count). The topological polar surface area (TPSA) is 229 Å². The molecule has 0 saturated heterocycles. The van der Waals surface area contributed by atoms with Crippen LogP contribution in [0.1, 0.15) is 348 Å². The minimum Gasteiger partial charge on any atom is -0.491 e. The van der Waals surface area contributed by atoms with Crippen molar-refractivity contribution in [1.29, 1.82) is 0 Å². The minimum absolute atomic E-state index is 0.0141. The minimum atomic E-state index is -0.656. The Morgan fingerprint density at radius 1 is 0.473 bits per heavy atom. The van der Waals surface area contributed by atoms with E-state index in [0.29, 0.717) is 72.8 Å². The van der Waals surface area contributed by atoms with Gasteiger partial charge < -0.3 is 47.4 Å². The first kappa shape index (κ1) is 91.6. The van der Waals surface area contributed by atoms with Gasteiger partial charge >= 0.3 is 47.8 Å². The third-order valence-corrected chi connectivity index (χ3v) is 24.7. The second-order valence-corrected chi connectivity index (χ2v) is 34.9. The van der Waals surface area contributed by atoms with E-state index in [0.717, 1.165) is 94.1 Å². The van der Waals surface area contributed by atoms with Gasteiger partial charge in [0, 0.05) is 5.41 Å². The fraction of sp³-hybridized carbons (Fsp3) is 0.660. The molecule has 7 fully saturated rings. The van der Waals surface area contributed by atoms with Gasteiger partial charge in [-0.15, -0.1) is 0 Å². The van der Waals surface area contributed by atoms with Crippen LogP contribution in [0.3, 0.4) is 0 Å². The summed E-state index contributed by atoms with van der Waals surface area (Å²) in [5, 5.41) is 0. The molecule has 0 N–H and O–H groups in total. The summed E-state index contributed by atoms with van der Waals surface area (Å²) >= 11 is 0. The molecule has 112 heavy (non-hydrogen) atoms. The van der Waals surface area contributed by atoms with Crippen LogP contribution in [0.2, 0.25) is 0 Å². The van der Waals surface area contributed by atoms with Crippen LogP contribution in [0.5, 0.6) is 5.75 Å². The first-order valence-corrected chi connectivity index (χ1v) is 42.4. The summed E-state index contributed by atoms with van der Waals surface area (Å²) in [6.07, 6.45) is 26.3. The Morgan fingerprint density at radius 2 is 0.964 bits per heavy atom. The van der Waals surface area contributed by atoms with Crippen LogP contribution < -0.4 is 4.74 Å². The van der Waals surface area contributed by atoms with Gasteiger partial charge in [-0.3, -0.25) is 14.4 Å². The third-order valence-electron chi connectivity index (χ3n) is 24.7. The van der Waals surface area contributed by atoms with E-state index >= 15 is 0 Å². The summed E-state index contributed by atoms with van der Waals surface area (Å²) in [4.78, 5) is 98.8. The van der Waals surface area contributed by atoms with Gasteiger partial charge in [0.1, 0.15) is 42.4 Å². The second kappa shape index (κ2) is 43.8. The quantitative estimate of drug-likeness (QED) is 0.0197. The molecule has 0 aromatic heterocycles. The summed E-state index contributed by atoms with van der Waals surface area (Å²) in [7, 11) is 0. The molecule has 0 spiro atoms. The molecule has 0 radical (unpaired) electrons. The molecular formula is C94H136O18. The number of hydrogen-bond acceptors (Lipinski definition) is 18. The van der Waals surface area contributed by atoms with Gasteiger partial charge in [0.05, 0.1) is 40.5 Å². The van der Waals surface area contributed by atoms with Crippen LogP contribution in [0.25, 0.3) is 0 Å². The van der Waals surface area contributed by atoms with Crippen molar-refractivity contribution in [2.75, 3.05) is 39.6 Å². The fourth-order valence-corrected chi connectivity index (χ4v) is 17.0. The molecule has 6 atom stereocenters. The highest BCUT2D eigenvalue weighted by Crippen LogP contribution is 2.64. The Labute approximate surface area is 670 Å². The molecule has 4 bridgehead atoms. The highest BCUT2D eigenvalue weighted by molar-refractivity contribution is 5.91. The highest BCUT2D eigenvalue weighted by atomic mass is 16.7. The van der Waals surface area contributed by atoms with Crippen LogP contribution >= 0.6 is 0 Å². The van der Waals surface area contributed by atoms with Gasteiger partial charge in [-0.25, -0.2) is 24.0 Å². The molecule has 0 amide bonds. The number of hydrogen-bond donors (Lipinski definition) is 0. The lowest BCUT2D eigenvalue weighted by Gasteiger charge is -2.61. The zero-order valence-electron chi connectivity index (χ0n) is 70.8. The summed E-state index contributed by atoms with van der Waals surface area (Å²) in [6.45, 7) is 31.5. The number of benzene rings is 4. The summed E-state index contributed by atoms with van der Waals surface area (Å²) in [5.41, 5.74) is 4.74. The highest BCUT2D eigenvalue weighted by Gasteiger charge is 2.59. The molecule has 4 aromatic carbocycles. The van der Waals surface area contributed by atoms with Crippen LogP contribution in [-0.2, 0) is 66.6 Å². The maximum Gasteiger partial charge on any atom is 0.344 e. The van der Waals surface area contributed by atoms with Crippen molar-refractivity contribution in [1.82, 2.24) is 0 Å². The molecule has 18 heteroatoms. The van der Waals surface area contributed by atoms with Crippen LogP contribution in [-0.4, -0.2) is 110 Å². The van der Waals surface area contributed by atoms with Gasteiger partial charge in [0.25, 0.3) is 0 Å². The molecule has 7 aliphatic carbocycles. The Kier molecular flexibility index (Phi) is 35.8. The van der Waals surface area contributed by atoms with E-state index in [4.69, 9.17) is 47.4 Å². The fourth-order valence-electron chi connectivity index (χ4n) is 17.0. The Bertz CT molecular complexity index is 3570. The Balaban J connectivity index is 0.000000215. The predicted octanol–water partition coefficient (Wildman–Crippen LogP) is 21.4. The smallest absolute Gasteiger partial charge is 0.344 e. The molecule has 0 aliphatic heterocycles. The molecule has 4 aromatic rings. The largest absolute Gasteiger partial charge is 0.491 e. The average Bonchev–Trinajstić information content (AvgIpc) is 0.724. The standard InChI is InChI=1S/C31H48O8.C27H36O4.C19H28O2.C17H24O4/c1-6-29(2,3)28(35)37-12-11-36-26(33)23-9-7-8-10-24(23)27(34)38-19-25(32)39-30(4,5)31-16-20-13-21(17-31)15-22(14-20)18-31;1-4-20(2)22-10-12-25(13-11-22)27(28)31-21(3)29-18-19-30-26-16-14-24(15-17-26)23-8-6-5-7-9-23;1-4-15(3)16-10-9-11-17(14-16)18(20)21-19(5-2)12-7-6-8-13-19;1-6-12(2)13-7-9-14(10-8-13)16(19)20-11-15(18)21-17(3,4)5/h20-24H,6-19H2,1-5H3;10-17,20-21,23H,4-9,18-19H2,1-3H3;9-11,14-15H,4-8,12-13H2,1-3H3;7-10,12H,6,11H2,1-5H3. The molecule has 0 heterocycles. The third kappa shape index (κ3) is 27.9. The monoisotopic (exact) mass is 1550 g/mol. The number of rotatable bonds is 31. The first-order chi connectivity index (χ1) is 53.2. The van der Waals surface area contributed by atoms with Crippen molar-refractivity contribution in [2.45, 2.75) is 318 Å². The van der Waals surface area contributed by atoms with Crippen molar-refractivity contribution < 1.29 is 85.7 Å². The molecule has 18 nitrogen and oxygen atoms in total. The normalized spacial score (nSPS) is 21.6. The number of ether oxygens (including phenoxy) is 10. The van der Waals surface area contributed by atoms with Crippen LogP contribution in [0.15, 0.2) is 97.1 Å². The Morgan fingerprint density at radius 3 is 1.49 bits per heavy atom. The van der Waals surface area contributed by atoms with Crippen molar-refractivity contribution >= 4 is 47.8 Å². The van der Waals surface area contributed by atoms with Crippen molar-refractivity contribution in [3.05, 3.63) is 136 Å². The summed E-state index contributed by atoms with van der Waals surface area (Å²) in [5.74, 6) is 0.392. The predicted molar refractivity (Wildman–Crippen MR) is 435 cm³/mol. The lowest BCUT2D eigenvalue weighted by molar-refractivity contribution is -0.203. The number of esters is 8. The second-order valence-electron chi connectivity index (χ2n) is 34.9. The molecule has 620 valence electrons. The zero-order valence-corrected chi connectivity index (χ0v) is 70.8.